The fourth-order valence-electron chi connectivity index (χ4n) is 4.83. The Morgan fingerprint density at radius 2 is 1.63 bits per heavy atom. The summed E-state index contributed by atoms with van der Waals surface area (Å²) in [5.74, 6) is 1.61. The summed E-state index contributed by atoms with van der Waals surface area (Å²) >= 11 is 0. The monoisotopic (exact) mass is 683 g/mol. The Hall–Kier alpha value is -3.27. The molecule has 4 nitrogen and oxygen atoms in total. The Labute approximate surface area is 240 Å². The minimum absolute atomic E-state index is 0. The quantitative estimate of drug-likeness (QED) is 0.196. The van der Waals surface area contributed by atoms with Gasteiger partial charge in [-0.15, -0.1) is 34.9 Å². The summed E-state index contributed by atoms with van der Waals surface area (Å²) < 4.78 is 1.99. The van der Waals surface area contributed by atoms with Gasteiger partial charge in [0.05, 0.1) is 11.3 Å². The molecule has 0 aliphatic carbocycles. The summed E-state index contributed by atoms with van der Waals surface area (Å²) in [5.41, 5.74) is 10.2. The van der Waals surface area contributed by atoms with Crippen LogP contribution >= 0.6 is 0 Å². The molecule has 2 aromatic heterocycles. The molecule has 5 rings (SSSR count). The molecule has 0 spiro atoms. The summed E-state index contributed by atoms with van der Waals surface area (Å²) in [5, 5.41) is 12.2. The first-order valence-corrected chi connectivity index (χ1v) is 12.7. The van der Waals surface area contributed by atoms with Crippen LogP contribution in [0.2, 0.25) is 0 Å². The maximum Gasteiger partial charge on any atom is 0.143 e. The summed E-state index contributed by atoms with van der Waals surface area (Å²) in [7, 11) is 1.96. The second-order valence-electron chi connectivity index (χ2n) is 10.2. The van der Waals surface area contributed by atoms with Crippen LogP contribution in [0.5, 0.6) is 5.75 Å². The first-order chi connectivity index (χ1) is 17.6. The Morgan fingerprint density at radius 1 is 0.921 bits per heavy atom. The molecule has 0 aliphatic rings. The molecule has 2 heterocycles. The Morgan fingerprint density at radius 3 is 2.24 bits per heavy atom. The number of hydrogen-bond donors (Lipinski definition) is 1. The van der Waals surface area contributed by atoms with Gasteiger partial charge in [-0.25, -0.2) is 4.98 Å². The normalized spacial score (nSPS) is 10.8. The van der Waals surface area contributed by atoms with Gasteiger partial charge < -0.3 is 14.7 Å². The zero-order valence-corrected chi connectivity index (χ0v) is 25.9. The van der Waals surface area contributed by atoms with Gasteiger partial charge in [0.25, 0.3) is 0 Å². The van der Waals surface area contributed by atoms with Crippen LogP contribution in [0.3, 0.4) is 0 Å². The van der Waals surface area contributed by atoms with Gasteiger partial charge >= 0.3 is 0 Å². The third kappa shape index (κ3) is 6.06. The molecule has 199 valence electrons. The van der Waals surface area contributed by atoms with E-state index < -0.39 is 0 Å². The average Bonchev–Trinajstić information content (AvgIpc) is 3.10. The number of para-hydroxylation sites is 1. The largest absolute Gasteiger partial charge is 0.507 e. The van der Waals surface area contributed by atoms with Crippen LogP contribution in [0, 0.1) is 40.7 Å². The molecule has 0 atom stereocenters. The van der Waals surface area contributed by atoms with Gasteiger partial charge in [0, 0.05) is 39.0 Å². The van der Waals surface area contributed by atoms with Crippen LogP contribution in [0.15, 0.2) is 60.8 Å². The van der Waals surface area contributed by atoms with Crippen LogP contribution in [0.1, 0.15) is 53.4 Å². The molecule has 5 heteroatoms. The first-order valence-electron chi connectivity index (χ1n) is 12.7. The van der Waals surface area contributed by atoms with E-state index in [9.17, 15) is 5.11 Å². The number of aromatic nitrogens is 3. The van der Waals surface area contributed by atoms with Crippen LogP contribution in [-0.4, -0.2) is 19.6 Å². The Bertz CT molecular complexity index is 1560. The number of aryl methyl sites for hydroxylation is 4. The maximum absolute atomic E-state index is 9.74. The van der Waals surface area contributed by atoms with E-state index in [0.717, 1.165) is 39.6 Å². The second kappa shape index (κ2) is 12.1. The minimum Gasteiger partial charge on any atom is -0.507 e. The van der Waals surface area contributed by atoms with Crippen molar-refractivity contribution in [1.29, 1.82) is 0 Å². The number of aromatic hydroxyl groups is 1. The van der Waals surface area contributed by atoms with Crippen molar-refractivity contribution >= 4 is 10.8 Å². The van der Waals surface area contributed by atoms with Crippen molar-refractivity contribution in [2.75, 3.05) is 0 Å². The van der Waals surface area contributed by atoms with Gasteiger partial charge in [0.15, 0.2) is 0 Å². The molecule has 5 aromatic rings. The van der Waals surface area contributed by atoms with Crippen molar-refractivity contribution < 1.29 is 25.2 Å². The topological polar surface area (TPSA) is 50.9 Å². The summed E-state index contributed by atoms with van der Waals surface area (Å²) in [6.45, 7) is 14.9. The molecular weight excluding hydrogens is 647 g/mol. The summed E-state index contributed by atoms with van der Waals surface area (Å²) in [6, 6.07) is 21.7. The maximum atomic E-state index is 9.74. The van der Waals surface area contributed by atoms with E-state index in [1.807, 2.05) is 49.9 Å². The Balaban J connectivity index is 0.000000220. The number of rotatable bonds is 3. The summed E-state index contributed by atoms with van der Waals surface area (Å²) in [6.07, 6.45) is 1.91. The van der Waals surface area contributed by atoms with E-state index in [1.54, 1.807) is 6.07 Å². The van der Waals surface area contributed by atoms with Gasteiger partial charge in [-0.2, -0.15) is 0 Å². The van der Waals surface area contributed by atoms with Crippen LogP contribution in [-0.2, 0) is 27.2 Å². The second-order valence-corrected chi connectivity index (χ2v) is 10.2. The smallest absolute Gasteiger partial charge is 0.143 e. The fourth-order valence-corrected chi connectivity index (χ4v) is 4.83. The molecule has 3 aromatic carbocycles. The molecule has 0 bridgehead atoms. The van der Waals surface area contributed by atoms with Crippen molar-refractivity contribution in [3.63, 3.8) is 0 Å². The molecule has 0 saturated heterocycles. The molecule has 1 N–H and O–H groups in total. The average molecular weight is 683 g/mol. The predicted octanol–water partition coefficient (Wildman–Crippen LogP) is 8.16. The molecule has 0 saturated carbocycles. The standard InChI is InChI=1S/C21H22N.C12H14N2O.Ir/c1-13(2)19-12-17-6-7-22-21(20(17)11-16(19)5)18-9-14(3)8-15(4)10-18;1-8-9(2)14(3)12(13-8)10-6-4-5-7-11(10)15;/h6-9,11-13H,1-5H3;4-7,15H,1-3H3;/q-1;;. The number of nitrogens with zero attached hydrogens (tertiary/aromatic N) is 3. The zero-order valence-electron chi connectivity index (χ0n) is 23.5. The SMILES string of the molecule is Cc1[c-]c(-c2nccc3cc(C(C)C)c(C)cc23)cc(C)c1.Cc1nc(-c2ccccc2O)n(C)c1C.[Ir]. The van der Waals surface area contributed by atoms with Crippen molar-refractivity contribution in [3.8, 4) is 28.4 Å². The molecule has 1 radical (unpaired) electrons. The third-order valence-electron chi connectivity index (χ3n) is 6.94. The zero-order chi connectivity index (χ0) is 26.9. The molecule has 0 fully saturated rings. The van der Waals surface area contributed by atoms with Gasteiger partial charge in [0.1, 0.15) is 11.6 Å². The fraction of sp³-hybridized carbons (Fsp3) is 0.273. The third-order valence-corrected chi connectivity index (χ3v) is 6.94. The molecule has 0 aliphatic heterocycles. The number of imidazole rings is 1. The number of phenolic OH excluding ortho intramolecular Hbond substituents is 1. The van der Waals surface area contributed by atoms with E-state index in [2.05, 4.69) is 81.0 Å². The van der Waals surface area contributed by atoms with E-state index in [0.29, 0.717) is 5.92 Å². The van der Waals surface area contributed by atoms with E-state index in [-0.39, 0.29) is 25.9 Å². The first kappa shape index (κ1) is 29.3. The van der Waals surface area contributed by atoms with Gasteiger partial charge in [-0.3, -0.25) is 0 Å². The molecule has 0 unspecified atom stereocenters. The number of pyridine rings is 1. The van der Waals surface area contributed by atoms with E-state index >= 15 is 0 Å². The van der Waals surface area contributed by atoms with Gasteiger partial charge in [-0.05, 0) is 72.5 Å². The van der Waals surface area contributed by atoms with Gasteiger partial charge in [-0.1, -0.05) is 52.0 Å². The van der Waals surface area contributed by atoms with Crippen molar-refractivity contribution in [1.82, 2.24) is 14.5 Å². The molecular formula is C33H36IrN3O-. The summed E-state index contributed by atoms with van der Waals surface area (Å²) in [4.78, 5) is 9.09. The predicted molar refractivity (Wildman–Crippen MR) is 154 cm³/mol. The van der Waals surface area contributed by atoms with Crippen LogP contribution in [0.4, 0.5) is 0 Å². The minimum atomic E-state index is 0. The number of hydrogen-bond acceptors (Lipinski definition) is 3. The van der Waals surface area contributed by atoms with Gasteiger partial charge in [0.2, 0.25) is 0 Å². The number of fused-ring (bicyclic) bond motifs is 1. The van der Waals surface area contributed by atoms with Crippen molar-refractivity contribution in [2.45, 2.75) is 54.4 Å². The van der Waals surface area contributed by atoms with Crippen molar-refractivity contribution in [2.24, 2.45) is 7.05 Å². The molecule has 38 heavy (non-hydrogen) atoms. The number of phenols is 1. The van der Waals surface area contributed by atoms with E-state index in [4.69, 9.17) is 0 Å². The number of benzene rings is 3. The van der Waals surface area contributed by atoms with E-state index in [1.165, 1.54) is 27.5 Å². The van der Waals surface area contributed by atoms with Crippen LogP contribution < -0.4 is 0 Å². The van der Waals surface area contributed by atoms with Crippen LogP contribution in [0.25, 0.3) is 33.4 Å². The molecule has 0 amide bonds. The van der Waals surface area contributed by atoms with Crippen molar-refractivity contribution in [3.05, 3.63) is 101 Å². The Kier molecular flexibility index (Phi) is 9.30.